The Morgan fingerprint density at radius 1 is 0.895 bits per heavy atom. The molecule has 19 heavy (non-hydrogen) atoms. The first-order chi connectivity index (χ1) is 9.40. The van der Waals surface area contributed by atoms with E-state index in [1.165, 1.54) is 22.3 Å². The number of furan rings is 1. The van der Waals surface area contributed by atoms with Crippen molar-refractivity contribution < 1.29 is 4.42 Å². The zero-order valence-corrected chi connectivity index (χ0v) is 10.6. The van der Waals surface area contributed by atoms with Crippen LogP contribution in [-0.2, 0) is 13.0 Å². The number of benzene rings is 2. The third-order valence-corrected chi connectivity index (χ3v) is 3.88. The molecule has 0 saturated carbocycles. The molecule has 2 heteroatoms. The van der Waals surface area contributed by atoms with Gasteiger partial charge in [0, 0.05) is 11.9 Å². The van der Waals surface area contributed by atoms with Gasteiger partial charge in [-0.15, -0.1) is 0 Å². The summed E-state index contributed by atoms with van der Waals surface area (Å²) >= 11 is 0. The summed E-state index contributed by atoms with van der Waals surface area (Å²) in [6.45, 7) is 2.07. The Balaban J connectivity index is 1.82. The van der Waals surface area contributed by atoms with Crippen LogP contribution in [0.3, 0.4) is 0 Å². The molecule has 0 bridgehead atoms. The SMILES string of the molecule is c1cc2ccc(-c3ccc4c(c3)CCNC4)cc2o1. The summed E-state index contributed by atoms with van der Waals surface area (Å²) < 4.78 is 5.48. The predicted molar refractivity (Wildman–Crippen MR) is 77.1 cm³/mol. The van der Waals surface area contributed by atoms with Gasteiger partial charge in [-0.25, -0.2) is 0 Å². The maximum atomic E-state index is 5.48. The van der Waals surface area contributed by atoms with Crippen LogP contribution in [0.15, 0.2) is 53.1 Å². The van der Waals surface area contributed by atoms with Crippen molar-refractivity contribution in [3.8, 4) is 11.1 Å². The van der Waals surface area contributed by atoms with Gasteiger partial charge >= 0.3 is 0 Å². The van der Waals surface area contributed by atoms with E-state index in [-0.39, 0.29) is 0 Å². The second kappa shape index (κ2) is 4.25. The standard InChI is InChI=1S/C17H15NO/c1-2-14(10-17-12(1)6-8-19-17)13-3-4-16-11-18-7-5-15(16)9-13/h1-4,6,8-10,18H,5,7,11H2. The van der Waals surface area contributed by atoms with Gasteiger partial charge in [0.15, 0.2) is 0 Å². The highest BCUT2D eigenvalue weighted by molar-refractivity contribution is 5.83. The second-order valence-corrected chi connectivity index (χ2v) is 5.08. The van der Waals surface area contributed by atoms with Crippen LogP contribution in [-0.4, -0.2) is 6.54 Å². The van der Waals surface area contributed by atoms with Gasteiger partial charge in [-0.05, 0) is 47.4 Å². The van der Waals surface area contributed by atoms with Gasteiger partial charge in [0.05, 0.1) is 6.26 Å². The summed E-state index contributed by atoms with van der Waals surface area (Å²) in [4.78, 5) is 0. The zero-order valence-electron chi connectivity index (χ0n) is 10.6. The molecule has 0 spiro atoms. The summed E-state index contributed by atoms with van der Waals surface area (Å²) in [7, 11) is 0. The minimum Gasteiger partial charge on any atom is -0.464 e. The molecular weight excluding hydrogens is 234 g/mol. The Morgan fingerprint density at radius 3 is 2.79 bits per heavy atom. The molecule has 0 atom stereocenters. The van der Waals surface area contributed by atoms with Gasteiger partial charge < -0.3 is 9.73 Å². The van der Waals surface area contributed by atoms with Crippen molar-refractivity contribution >= 4 is 11.0 Å². The molecule has 94 valence electrons. The van der Waals surface area contributed by atoms with Crippen molar-refractivity contribution in [3.63, 3.8) is 0 Å². The van der Waals surface area contributed by atoms with Crippen LogP contribution in [0.4, 0.5) is 0 Å². The maximum Gasteiger partial charge on any atom is 0.134 e. The number of fused-ring (bicyclic) bond motifs is 2. The molecule has 0 unspecified atom stereocenters. The van der Waals surface area contributed by atoms with Crippen LogP contribution in [0.2, 0.25) is 0 Å². The van der Waals surface area contributed by atoms with E-state index in [4.69, 9.17) is 4.42 Å². The van der Waals surface area contributed by atoms with Crippen molar-refractivity contribution in [1.82, 2.24) is 5.32 Å². The predicted octanol–water partition coefficient (Wildman–Crippen LogP) is 3.75. The van der Waals surface area contributed by atoms with E-state index in [0.717, 1.165) is 30.5 Å². The van der Waals surface area contributed by atoms with Crippen LogP contribution in [0.25, 0.3) is 22.1 Å². The van der Waals surface area contributed by atoms with E-state index in [1.807, 2.05) is 6.07 Å². The molecule has 1 aliphatic heterocycles. The molecule has 1 aliphatic rings. The molecule has 0 saturated heterocycles. The van der Waals surface area contributed by atoms with Gasteiger partial charge in [-0.3, -0.25) is 0 Å². The van der Waals surface area contributed by atoms with Gasteiger partial charge in [-0.2, -0.15) is 0 Å². The first-order valence-corrected chi connectivity index (χ1v) is 6.70. The number of hydrogen-bond acceptors (Lipinski definition) is 2. The monoisotopic (exact) mass is 249 g/mol. The molecule has 2 nitrogen and oxygen atoms in total. The minimum atomic E-state index is 0.955. The Labute approximate surface area is 112 Å². The van der Waals surface area contributed by atoms with E-state index in [2.05, 4.69) is 41.7 Å². The lowest BCUT2D eigenvalue weighted by Crippen LogP contribution is -2.23. The largest absolute Gasteiger partial charge is 0.464 e. The van der Waals surface area contributed by atoms with Crippen molar-refractivity contribution in [2.24, 2.45) is 0 Å². The molecule has 2 heterocycles. The zero-order chi connectivity index (χ0) is 12.7. The van der Waals surface area contributed by atoms with Crippen LogP contribution in [0.5, 0.6) is 0 Å². The van der Waals surface area contributed by atoms with E-state index in [9.17, 15) is 0 Å². The summed E-state index contributed by atoms with van der Waals surface area (Å²) in [6, 6.07) is 15.2. The number of hydrogen-bond donors (Lipinski definition) is 1. The highest BCUT2D eigenvalue weighted by Crippen LogP contribution is 2.27. The molecule has 0 fully saturated rings. The van der Waals surface area contributed by atoms with Gasteiger partial charge in [0.2, 0.25) is 0 Å². The van der Waals surface area contributed by atoms with Crippen LogP contribution < -0.4 is 5.32 Å². The van der Waals surface area contributed by atoms with Crippen molar-refractivity contribution in [1.29, 1.82) is 0 Å². The molecule has 4 rings (SSSR count). The summed E-state index contributed by atoms with van der Waals surface area (Å²) in [5.74, 6) is 0. The van der Waals surface area contributed by atoms with Gasteiger partial charge in [0.25, 0.3) is 0 Å². The smallest absolute Gasteiger partial charge is 0.134 e. The fourth-order valence-corrected chi connectivity index (χ4v) is 2.79. The minimum absolute atomic E-state index is 0.955. The van der Waals surface area contributed by atoms with Crippen molar-refractivity contribution in [3.05, 3.63) is 59.9 Å². The highest BCUT2D eigenvalue weighted by Gasteiger charge is 2.10. The fourth-order valence-electron chi connectivity index (χ4n) is 2.79. The average molecular weight is 249 g/mol. The Hall–Kier alpha value is -2.06. The molecule has 1 N–H and O–H groups in total. The number of rotatable bonds is 1. The lowest BCUT2D eigenvalue weighted by atomic mass is 9.95. The fraction of sp³-hybridized carbons (Fsp3) is 0.176. The lowest BCUT2D eigenvalue weighted by Gasteiger charge is -2.17. The molecule has 3 aromatic rings. The summed E-state index contributed by atoms with van der Waals surface area (Å²) in [5, 5.41) is 4.56. The van der Waals surface area contributed by atoms with Gasteiger partial charge in [0.1, 0.15) is 5.58 Å². The second-order valence-electron chi connectivity index (χ2n) is 5.08. The molecule has 1 aromatic heterocycles. The third kappa shape index (κ3) is 1.85. The van der Waals surface area contributed by atoms with Crippen LogP contribution in [0, 0.1) is 0 Å². The first kappa shape index (κ1) is 10.8. The molecule has 0 radical (unpaired) electrons. The normalized spacial score (nSPS) is 14.5. The molecular formula is C17H15NO. The Kier molecular flexibility index (Phi) is 2.42. The Morgan fingerprint density at radius 2 is 1.79 bits per heavy atom. The van der Waals surface area contributed by atoms with E-state index >= 15 is 0 Å². The van der Waals surface area contributed by atoms with Gasteiger partial charge in [-0.1, -0.05) is 30.3 Å². The number of nitrogens with one attached hydrogen (secondary N) is 1. The summed E-state index contributed by atoms with van der Waals surface area (Å²) in [6.07, 6.45) is 2.86. The molecule has 0 aliphatic carbocycles. The van der Waals surface area contributed by atoms with E-state index < -0.39 is 0 Å². The quantitative estimate of drug-likeness (QED) is 0.710. The Bertz CT molecular complexity index is 742. The third-order valence-electron chi connectivity index (χ3n) is 3.88. The van der Waals surface area contributed by atoms with E-state index in [0.29, 0.717) is 0 Å². The summed E-state index contributed by atoms with van der Waals surface area (Å²) in [5.41, 5.74) is 6.35. The van der Waals surface area contributed by atoms with Crippen LogP contribution >= 0.6 is 0 Å². The average Bonchev–Trinajstić information content (AvgIpc) is 2.94. The topological polar surface area (TPSA) is 25.2 Å². The maximum absolute atomic E-state index is 5.48. The molecule has 2 aromatic carbocycles. The van der Waals surface area contributed by atoms with Crippen LogP contribution in [0.1, 0.15) is 11.1 Å². The lowest BCUT2D eigenvalue weighted by molar-refractivity contribution is 0.616. The van der Waals surface area contributed by atoms with Crippen molar-refractivity contribution in [2.45, 2.75) is 13.0 Å². The van der Waals surface area contributed by atoms with E-state index in [1.54, 1.807) is 6.26 Å². The first-order valence-electron chi connectivity index (χ1n) is 6.70. The van der Waals surface area contributed by atoms with Crippen molar-refractivity contribution in [2.75, 3.05) is 6.54 Å². The highest BCUT2D eigenvalue weighted by atomic mass is 16.3. The molecule has 0 amide bonds.